The number of rotatable bonds is 1. The van der Waals surface area contributed by atoms with E-state index in [1.165, 1.54) is 32.1 Å². The lowest BCUT2D eigenvalue weighted by Gasteiger charge is -2.22. The van der Waals surface area contributed by atoms with Gasteiger partial charge in [0.15, 0.2) is 0 Å². The predicted octanol–water partition coefficient (Wildman–Crippen LogP) is 3.28. The standard InChI is InChI=1S/C8H15NS.C2H6/c1-7(10)9-8-5-3-2-4-6-8;1-2/h8H,2-6H2,1H3,(H,9,10);1-2H3. The molecule has 1 N–H and O–H groups in total. The van der Waals surface area contributed by atoms with Gasteiger partial charge in [-0.2, -0.15) is 0 Å². The zero-order valence-corrected chi connectivity index (χ0v) is 9.34. The van der Waals surface area contributed by atoms with Crippen LogP contribution in [-0.2, 0) is 0 Å². The van der Waals surface area contributed by atoms with Gasteiger partial charge in [0.25, 0.3) is 0 Å². The molecule has 0 bridgehead atoms. The van der Waals surface area contributed by atoms with Crippen molar-refractivity contribution in [1.82, 2.24) is 5.32 Å². The van der Waals surface area contributed by atoms with Crippen molar-refractivity contribution < 1.29 is 0 Å². The summed E-state index contributed by atoms with van der Waals surface area (Å²) in [5.74, 6) is 0. The smallest absolute Gasteiger partial charge is 0.0724 e. The number of nitrogens with one attached hydrogen (secondary N) is 1. The Balaban J connectivity index is 0.000000561. The Labute approximate surface area is 81.9 Å². The molecule has 0 heterocycles. The van der Waals surface area contributed by atoms with Gasteiger partial charge in [-0.15, -0.1) is 0 Å². The molecule has 0 aromatic rings. The van der Waals surface area contributed by atoms with Gasteiger partial charge in [0.05, 0.1) is 4.99 Å². The van der Waals surface area contributed by atoms with E-state index in [1.807, 2.05) is 20.8 Å². The van der Waals surface area contributed by atoms with Crippen LogP contribution in [0, 0.1) is 0 Å². The first-order chi connectivity index (χ1) is 5.79. The fourth-order valence-electron chi connectivity index (χ4n) is 1.53. The summed E-state index contributed by atoms with van der Waals surface area (Å²) >= 11 is 4.97. The van der Waals surface area contributed by atoms with Crippen molar-refractivity contribution in [2.45, 2.75) is 58.9 Å². The van der Waals surface area contributed by atoms with E-state index in [4.69, 9.17) is 12.2 Å². The normalized spacial score (nSPS) is 17.6. The van der Waals surface area contributed by atoms with Crippen LogP contribution in [0.2, 0.25) is 0 Å². The van der Waals surface area contributed by atoms with Crippen LogP contribution < -0.4 is 5.32 Å². The van der Waals surface area contributed by atoms with Gasteiger partial charge in [-0.05, 0) is 19.8 Å². The van der Waals surface area contributed by atoms with E-state index in [-0.39, 0.29) is 0 Å². The predicted molar refractivity (Wildman–Crippen MR) is 59.6 cm³/mol. The third kappa shape index (κ3) is 5.53. The molecule has 0 unspecified atom stereocenters. The second-order valence-electron chi connectivity index (χ2n) is 3.04. The summed E-state index contributed by atoms with van der Waals surface area (Å²) in [7, 11) is 0. The van der Waals surface area contributed by atoms with Crippen LogP contribution in [0.4, 0.5) is 0 Å². The summed E-state index contributed by atoms with van der Waals surface area (Å²) in [6.45, 7) is 5.96. The maximum atomic E-state index is 4.97. The molecule has 1 saturated carbocycles. The van der Waals surface area contributed by atoms with Crippen LogP contribution in [0.3, 0.4) is 0 Å². The molecule has 0 amide bonds. The summed E-state index contributed by atoms with van der Waals surface area (Å²) in [4.78, 5) is 0.951. The highest BCUT2D eigenvalue weighted by Crippen LogP contribution is 2.17. The lowest BCUT2D eigenvalue weighted by atomic mass is 9.96. The molecule has 1 aliphatic carbocycles. The minimum Gasteiger partial charge on any atom is -0.377 e. The molecule has 0 spiro atoms. The molecule has 0 saturated heterocycles. The Bertz CT molecular complexity index is 117. The Morgan fingerprint density at radius 3 is 2.08 bits per heavy atom. The van der Waals surface area contributed by atoms with E-state index in [2.05, 4.69) is 5.32 Å². The van der Waals surface area contributed by atoms with Crippen molar-refractivity contribution >= 4 is 17.2 Å². The molecule has 0 aromatic heterocycles. The molecular weight excluding hydrogens is 166 g/mol. The molecule has 1 nitrogen and oxygen atoms in total. The Hall–Kier alpha value is -0.110. The summed E-state index contributed by atoms with van der Waals surface area (Å²) in [6.07, 6.45) is 6.79. The van der Waals surface area contributed by atoms with Crippen molar-refractivity contribution in [3.05, 3.63) is 0 Å². The van der Waals surface area contributed by atoms with E-state index in [0.717, 1.165) is 4.99 Å². The van der Waals surface area contributed by atoms with Gasteiger partial charge >= 0.3 is 0 Å². The average molecular weight is 187 g/mol. The summed E-state index contributed by atoms with van der Waals surface area (Å²) in [6, 6.07) is 0.686. The Morgan fingerprint density at radius 2 is 1.67 bits per heavy atom. The molecule has 12 heavy (non-hydrogen) atoms. The zero-order valence-electron chi connectivity index (χ0n) is 8.52. The van der Waals surface area contributed by atoms with Crippen molar-refractivity contribution in [2.75, 3.05) is 0 Å². The van der Waals surface area contributed by atoms with Gasteiger partial charge in [0.1, 0.15) is 0 Å². The maximum absolute atomic E-state index is 4.97. The topological polar surface area (TPSA) is 12.0 Å². The van der Waals surface area contributed by atoms with Crippen LogP contribution in [0.15, 0.2) is 0 Å². The van der Waals surface area contributed by atoms with Crippen LogP contribution in [0.1, 0.15) is 52.9 Å². The molecule has 0 radical (unpaired) electrons. The molecule has 1 rings (SSSR count). The number of thiocarbonyl (C=S) groups is 1. The molecule has 0 atom stereocenters. The highest BCUT2D eigenvalue weighted by molar-refractivity contribution is 7.80. The van der Waals surface area contributed by atoms with Crippen molar-refractivity contribution in [3.63, 3.8) is 0 Å². The third-order valence-corrected chi connectivity index (χ3v) is 2.13. The zero-order chi connectivity index (χ0) is 9.40. The van der Waals surface area contributed by atoms with Crippen LogP contribution in [-0.4, -0.2) is 11.0 Å². The molecule has 1 fully saturated rings. The quantitative estimate of drug-likeness (QED) is 0.632. The van der Waals surface area contributed by atoms with Gasteiger partial charge in [-0.3, -0.25) is 0 Å². The van der Waals surface area contributed by atoms with Gasteiger partial charge in [0, 0.05) is 6.04 Å². The first kappa shape index (κ1) is 11.9. The highest BCUT2D eigenvalue weighted by Gasteiger charge is 2.11. The second kappa shape index (κ2) is 7.53. The third-order valence-electron chi connectivity index (χ3n) is 2.01. The van der Waals surface area contributed by atoms with Crippen LogP contribution in [0.25, 0.3) is 0 Å². The van der Waals surface area contributed by atoms with Crippen molar-refractivity contribution in [1.29, 1.82) is 0 Å². The van der Waals surface area contributed by atoms with E-state index < -0.39 is 0 Å². The minimum absolute atomic E-state index is 0.686. The fraction of sp³-hybridized carbons (Fsp3) is 0.900. The first-order valence-electron chi connectivity index (χ1n) is 5.06. The lowest BCUT2D eigenvalue weighted by Crippen LogP contribution is -2.33. The molecule has 2 heteroatoms. The second-order valence-corrected chi connectivity index (χ2v) is 3.65. The molecule has 0 aromatic carbocycles. The molecule has 72 valence electrons. The number of hydrogen-bond acceptors (Lipinski definition) is 1. The summed E-state index contributed by atoms with van der Waals surface area (Å²) in [5, 5.41) is 3.31. The van der Waals surface area contributed by atoms with Crippen LogP contribution >= 0.6 is 12.2 Å². The van der Waals surface area contributed by atoms with E-state index in [1.54, 1.807) is 0 Å². The minimum atomic E-state index is 0.686. The van der Waals surface area contributed by atoms with E-state index in [9.17, 15) is 0 Å². The van der Waals surface area contributed by atoms with Crippen molar-refractivity contribution in [2.24, 2.45) is 0 Å². The number of hydrogen-bond donors (Lipinski definition) is 1. The Morgan fingerprint density at radius 1 is 1.17 bits per heavy atom. The summed E-state index contributed by atoms with van der Waals surface area (Å²) < 4.78 is 0. The van der Waals surface area contributed by atoms with Gasteiger partial charge < -0.3 is 5.32 Å². The van der Waals surface area contributed by atoms with E-state index in [0.29, 0.717) is 6.04 Å². The van der Waals surface area contributed by atoms with Gasteiger partial charge in [-0.25, -0.2) is 0 Å². The highest BCUT2D eigenvalue weighted by atomic mass is 32.1. The fourth-order valence-corrected chi connectivity index (χ4v) is 1.70. The first-order valence-corrected chi connectivity index (χ1v) is 5.47. The van der Waals surface area contributed by atoms with Crippen LogP contribution in [0.5, 0.6) is 0 Å². The van der Waals surface area contributed by atoms with Gasteiger partial charge in [-0.1, -0.05) is 45.3 Å². The molecule has 0 aliphatic heterocycles. The van der Waals surface area contributed by atoms with Gasteiger partial charge in [0.2, 0.25) is 0 Å². The molecular formula is C10H21NS. The van der Waals surface area contributed by atoms with Crippen molar-refractivity contribution in [3.8, 4) is 0 Å². The lowest BCUT2D eigenvalue weighted by molar-refractivity contribution is 0.414. The largest absolute Gasteiger partial charge is 0.377 e. The average Bonchev–Trinajstić information content (AvgIpc) is 2.08. The van der Waals surface area contributed by atoms with E-state index >= 15 is 0 Å². The SMILES string of the molecule is CC.CC(=S)NC1CCCCC1. The monoisotopic (exact) mass is 187 g/mol. The summed E-state index contributed by atoms with van der Waals surface area (Å²) in [5.41, 5.74) is 0. The Kier molecular flexibility index (Phi) is 7.47. The maximum Gasteiger partial charge on any atom is 0.0724 e. The molecule has 1 aliphatic rings.